The first-order chi connectivity index (χ1) is 26.6. The van der Waals surface area contributed by atoms with Crippen molar-refractivity contribution in [3.8, 4) is 0 Å². The summed E-state index contributed by atoms with van der Waals surface area (Å²) in [5.41, 5.74) is 6.75. The molecule has 2 N–H and O–H groups in total. The number of aliphatic hydroxyl groups is 2. The van der Waals surface area contributed by atoms with Crippen molar-refractivity contribution in [2.75, 3.05) is 13.1 Å². The molecular weight excluding hydrogens is 659 g/mol. The van der Waals surface area contributed by atoms with Gasteiger partial charge in [0, 0.05) is 30.5 Å². The lowest BCUT2D eigenvalue weighted by molar-refractivity contribution is 0.0488. The van der Waals surface area contributed by atoms with Crippen molar-refractivity contribution in [2.45, 2.75) is 42.4 Å². The van der Waals surface area contributed by atoms with E-state index in [1.165, 1.54) is 0 Å². The van der Waals surface area contributed by atoms with E-state index in [1.807, 2.05) is 42.5 Å². The number of rotatable bonds is 16. The lowest BCUT2D eigenvalue weighted by Crippen LogP contribution is -2.43. The van der Waals surface area contributed by atoms with Crippen molar-refractivity contribution in [3.63, 3.8) is 0 Å². The highest BCUT2D eigenvalue weighted by molar-refractivity contribution is 5.52. The Hall–Kier alpha value is -5.58. The van der Waals surface area contributed by atoms with Crippen LogP contribution in [0.3, 0.4) is 0 Å². The highest BCUT2D eigenvalue weighted by Crippen LogP contribution is 2.45. The van der Waals surface area contributed by atoms with Gasteiger partial charge in [0.15, 0.2) is 0 Å². The predicted octanol–water partition coefficient (Wildman–Crippen LogP) is 10.1. The van der Waals surface area contributed by atoms with E-state index in [9.17, 15) is 10.2 Å². The molecule has 3 heteroatoms. The van der Waals surface area contributed by atoms with E-state index in [2.05, 4.69) is 175 Å². The minimum Gasteiger partial charge on any atom is -0.392 e. The summed E-state index contributed by atoms with van der Waals surface area (Å²) in [4.78, 5) is 2.24. The zero-order chi connectivity index (χ0) is 37.1. The van der Waals surface area contributed by atoms with E-state index in [0.717, 1.165) is 38.9 Å². The molecule has 0 bridgehead atoms. The Morgan fingerprint density at radius 3 is 0.796 bits per heavy atom. The summed E-state index contributed by atoms with van der Waals surface area (Å²) in [5.74, 6) is 0. The van der Waals surface area contributed by atoms with Crippen LogP contribution in [0.1, 0.15) is 51.8 Å². The molecule has 3 nitrogen and oxygen atoms in total. The van der Waals surface area contributed by atoms with E-state index in [1.54, 1.807) is 0 Å². The van der Waals surface area contributed by atoms with Gasteiger partial charge < -0.3 is 10.2 Å². The van der Waals surface area contributed by atoms with E-state index in [0.29, 0.717) is 32.5 Å². The van der Waals surface area contributed by atoms with Gasteiger partial charge >= 0.3 is 0 Å². The fourth-order valence-corrected chi connectivity index (χ4v) is 8.52. The second-order valence-corrected chi connectivity index (χ2v) is 14.4. The summed E-state index contributed by atoms with van der Waals surface area (Å²) < 4.78 is 0. The van der Waals surface area contributed by atoms with Gasteiger partial charge in [-0.3, -0.25) is 4.90 Å². The highest BCUT2D eigenvalue weighted by atomic mass is 16.3. The van der Waals surface area contributed by atoms with Crippen molar-refractivity contribution >= 4 is 0 Å². The van der Waals surface area contributed by atoms with Crippen LogP contribution >= 0.6 is 0 Å². The van der Waals surface area contributed by atoms with Crippen molar-refractivity contribution in [1.29, 1.82) is 0 Å². The number of hydrogen-bond donors (Lipinski definition) is 2. The Morgan fingerprint density at radius 1 is 0.333 bits per heavy atom. The van der Waals surface area contributed by atoms with Crippen LogP contribution in [0.25, 0.3) is 0 Å². The molecule has 0 aromatic heterocycles. The van der Waals surface area contributed by atoms with Gasteiger partial charge in [-0.2, -0.15) is 0 Å². The van der Waals surface area contributed by atoms with Crippen molar-refractivity contribution in [2.24, 2.45) is 0 Å². The van der Waals surface area contributed by atoms with Gasteiger partial charge in [-0.25, -0.2) is 0 Å². The normalized spacial score (nSPS) is 13.0. The molecule has 7 aromatic carbocycles. The third-order valence-corrected chi connectivity index (χ3v) is 10.9. The zero-order valence-corrected chi connectivity index (χ0v) is 30.7. The van der Waals surface area contributed by atoms with Gasteiger partial charge in [0.25, 0.3) is 0 Å². The topological polar surface area (TPSA) is 43.7 Å². The van der Waals surface area contributed by atoms with Crippen LogP contribution in [0.4, 0.5) is 0 Å². The van der Waals surface area contributed by atoms with Crippen molar-refractivity contribution < 1.29 is 10.2 Å². The standard InChI is InChI=1S/C51H49NO2/c53-48(36-50(42-24-10-2-11-25-42,43-26-12-3-13-27-43)44-28-14-4-15-29-44)39-52(38-41-22-8-1-9-23-41)40-49(54)37-51(45-30-16-5-17-31-45,46-32-18-6-19-33-46)47-34-20-7-21-35-47/h1-35,48-49,53-54H,36-40H2/t48-,49-/m0/s1. The van der Waals surface area contributed by atoms with Gasteiger partial charge in [0.05, 0.1) is 12.2 Å². The van der Waals surface area contributed by atoms with Gasteiger partial charge in [-0.1, -0.05) is 212 Å². The predicted molar refractivity (Wildman–Crippen MR) is 221 cm³/mol. The minimum absolute atomic E-state index is 0.384. The van der Waals surface area contributed by atoms with Crippen molar-refractivity contribution in [3.05, 3.63) is 251 Å². The lowest BCUT2D eigenvalue weighted by atomic mass is 9.66. The molecule has 0 unspecified atom stereocenters. The van der Waals surface area contributed by atoms with Gasteiger partial charge in [-0.05, 0) is 51.8 Å². The summed E-state index contributed by atoms with van der Waals surface area (Å²) in [7, 11) is 0. The Morgan fingerprint density at radius 2 is 0.556 bits per heavy atom. The molecular formula is C51H49NO2. The first kappa shape index (κ1) is 36.8. The Kier molecular flexibility index (Phi) is 11.9. The third kappa shape index (κ3) is 8.15. The third-order valence-electron chi connectivity index (χ3n) is 10.9. The summed E-state index contributed by atoms with van der Waals surface area (Å²) in [6, 6.07) is 73.7. The fraction of sp³-hybridized carbons (Fsp3) is 0.176. The maximum absolute atomic E-state index is 12.4. The zero-order valence-electron chi connectivity index (χ0n) is 30.7. The van der Waals surface area contributed by atoms with Crippen LogP contribution in [-0.4, -0.2) is 40.4 Å². The maximum atomic E-state index is 12.4. The van der Waals surface area contributed by atoms with Gasteiger partial charge in [0.1, 0.15) is 0 Å². The first-order valence-electron chi connectivity index (χ1n) is 19.0. The molecule has 0 radical (unpaired) electrons. The molecule has 7 aromatic rings. The van der Waals surface area contributed by atoms with Crippen LogP contribution in [-0.2, 0) is 17.4 Å². The number of aliphatic hydroxyl groups excluding tert-OH is 2. The second kappa shape index (κ2) is 17.5. The lowest BCUT2D eigenvalue weighted by Gasteiger charge is -2.40. The second-order valence-electron chi connectivity index (χ2n) is 14.4. The number of hydrogen-bond acceptors (Lipinski definition) is 3. The smallest absolute Gasteiger partial charge is 0.0682 e. The van der Waals surface area contributed by atoms with Crippen molar-refractivity contribution in [1.82, 2.24) is 4.90 Å². The van der Waals surface area contributed by atoms with E-state index in [-0.39, 0.29) is 0 Å². The average Bonchev–Trinajstić information content (AvgIpc) is 3.24. The number of benzene rings is 7. The molecule has 2 atom stereocenters. The van der Waals surface area contributed by atoms with Crippen LogP contribution in [0.15, 0.2) is 212 Å². The molecule has 0 fully saturated rings. The summed E-state index contributed by atoms with van der Waals surface area (Å²) in [6.07, 6.45) is -0.504. The molecule has 0 aliphatic carbocycles. The molecule has 270 valence electrons. The minimum atomic E-state index is -0.719. The average molecular weight is 708 g/mol. The van der Waals surface area contributed by atoms with E-state index >= 15 is 0 Å². The molecule has 0 amide bonds. The van der Waals surface area contributed by atoms with Crippen LogP contribution in [0, 0.1) is 0 Å². The Balaban J connectivity index is 1.25. The van der Waals surface area contributed by atoms with E-state index in [4.69, 9.17) is 0 Å². The largest absolute Gasteiger partial charge is 0.392 e. The van der Waals surface area contributed by atoms with E-state index < -0.39 is 23.0 Å². The highest BCUT2D eigenvalue weighted by Gasteiger charge is 2.40. The monoisotopic (exact) mass is 707 g/mol. The molecule has 0 aliphatic heterocycles. The summed E-state index contributed by atoms with van der Waals surface area (Å²) >= 11 is 0. The summed E-state index contributed by atoms with van der Waals surface area (Å²) in [6.45, 7) is 1.36. The quantitative estimate of drug-likeness (QED) is 0.0983. The molecule has 0 spiro atoms. The maximum Gasteiger partial charge on any atom is 0.0682 e. The fourth-order valence-electron chi connectivity index (χ4n) is 8.52. The van der Waals surface area contributed by atoms with Gasteiger partial charge in [-0.15, -0.1) is 0 Å². The molecule has 0 saturated carbocycles. The Labute approximate surface area is 320 Å². The molecule has 54 heavy (non-hydrogen) atoms. The first-order valence-corrected chi connectivity index (χ1v) is 19.0. The number of nitrogens with zero attached hydrogens (tertiary/aromatic N) is 1. The molecule has 7 rings (SSSR count). The molecule has 0 saturated heterocycles. The molecule has 0 aliphatic rings. The summed E-state index contributed by atoms with van der Waals surface area (Å²) in [5, 5.41) is 24.7. The van der Waals surface area contributed by atoms with Crippen LogP contribution in [0.5, 0.6) is 0 Å². The van der Waals surface area contributed by atoms with Crippen LogP contribution in [0.2, 0.25) is 0 Å². The molecule has 0 heterocycles. The van der Waals surface area contributed by atoms with Gasteiger partial charge in [0.2, 0.25) is 0 Å². The Bertz CT molecular complexity index is 1780. The van der Waals surface area contributed by atoms with Crippen LogP contribution < -0.4 is 0 Å². The SMILES string of the molecule is O[C@H](CN(Cc1ccccc1)C[C@@H](O)CC(c1ccccc1)(c1ccccc1)c1ccccc1)CC(c1ccccc1)(c1ccccc1)c1ccccc1.